The van der Waals surface area contributed by atoms with Crippen LogP contribution in [0, 0.1) is 0 Å². The molecule has 0 amide bonds. The highest BCUT2D eigenvalue weighted by Gasteiger charge is 1.28. The third kappa shape index (κ3) is 12.6. The molecule has 0 aliphatic carbocycles. The highest BCUT2D eigenvalue weighted by molar-refractivity contribution is 14.1. The Bertz CT molecular complexity index is 15.5. The van der Waals surface area contributed by atoms with Gasteiger partial charge >= 0.3 is 0 Å². The Hall–Kier alpha value is 0.932. The topological polar surface area (TPSA) is 17.1 Å². The molecule has 4 heavy (non-hydrogen) atoms. The summed E-state index contributed by atoms with van der Waals surface area (Å²) in [6.45, 7) is 0. The molecule has 0 aromatic carbocycles. The maximum absolute atomic E-state index is 8.79. The Kier molecular flexibility index (Phi) is 20.1. The fourth-order valence-corrected chi connectivity index (χ4v) is 0. The summed E-state index contributed by atoms with van der Waals surface area (Å²) in [5.41, 5.74) is 0. The molecule has 0 aliphatic heterocycles. The summed E-state index contributed by atoms with van der Waals surface area (Å²) >= 11 is 1.61. The second kappa shape index (κ2) is 9.06. The highest BCUT2D eigenvalue weighted by Crippen LogP contribution is 1.54. The summed E-state index contributed by atoms with van der Waals surface area (Å²) in [6.07, 6.45) is 0. The molecule has 1 nitrogen and oxygen atoms in total. The van der Waals surface area contributed by atoms with Gasteiger partial charge < -0.3 is 0 Å². The van der Waals surface area contributed by atoms with Crippen molar-refractivity contribution in [2.45, 2.75) is 0 Å². The van der Waals surface area contributed by atoms with Crippen molar-refractivity contribution in [2.24, 2.45) is 0 Å². The number of hydrogen-bond donors (Lipinski definition) is 0. The third-order valence-electron chi connectivity index (χ3n) is 0. The van der Waals surface area contributed by atoms with Gasteiger partial charge in [0, 0.05) is 0 Å². The summed E-state index contributed by atoms with van der Waals surface area (Å²) in [4.78, 5) is 8.79. The average molecular weight is 186 g/mol. The molecular weight excluding hydrogens is 182 g/mol. The molecule has 0 aromatic heterocycles. The number of rotatable bonds is 0. The number of hydrogen-bond acceptors (Lipinski definition) is 1. The molecule has 0 atom stereocenters. The second-order valence-electron chi connectivity index (χ2n) is 0.0891. The van der Waals surface area contributed by atoms with Crippen molar-refractivity contribution < 1.29 is 4.79 Å². The molecule has 0 bridgehead atoms. The Balaban J connectivity index is 0. The first kappa shape index (κ1) is 8.87. The average Bonchev–Trinajstić information content (AvgIpc) is 0.918. The van der Waals surface area contributed by atoms with Gasteiger partial charge in [-0.3, -0.25) is 4.79 Å². The molecule has 0 saturated heterocycles. The molecule has 0 fully saturated rings. The van der Waals surface area contributed by atoms with Crippen LogP contribution in [0.4, 0.5) is 0 Å². The van der Waals surface area contributed by atoms with Gasteiger partial charge in [0.15, 0.2) is 21.7 Å². The Labute approximate surface area is 49.0 Å². The van der Waals surface area contributed by atoms with Gasteiger partial charge in [0.25, 0.3) is 0 Å². The van der Waals surface area contributed by atoms with E-state index in [1.807, 2.05) is 0 Å². The van der Waals surface area contributed by atoms with Gasteiger partial charge in [-0.05, 0) is 22.6 Å². The Morgan fingerprint density at radius 1 is 1.75 bits per heavy atom. The third-order valence-corrected chi connectivity index (χ3v) is 0. The molecule has 0 radical (unpaired) electrons. The van der Waals surface area contributed by atoms with Crippen LogP contribution < -0.4 is 0 Å². The van der Waals surface area contributed by atoms with Crippen LogP contribution in [0.3, 0.4) is 0 Å². The van der Waals surface area contributed by atoms with E-state index in [1.165, 1.54) is 0 Å². The van der Waals surface area contributed by atoms with Crippen LogP contribution in [-0.2, 0) is 4.79 Å². The van der Waals surface area contributed by atoms with Crippen LogP contribution in [-0.4, -0.2) is 21.7 Å². The zero-order chi connectivity index (χ0) is 2.71. The van der Waals surface area contributed by atoms with Crippen molar-refractivity contribution in [1.29, 1.82) is 0 Å². The molecular formula is CH4AlIO. The zero-order valence-electron chi connectivity index (χ0n) is 1.36. The van der Waals surface area contributed by atoms with Crippen molar-refractivity contribution in [1.82, 2.24) is 0 Å². The molecule has 0 aliphatic rings. The van der Waals surface area contributed by atoms with E-state index in [9.17, 15) is 0 Å². The number of halogens is 1. The minimum atomic E-state index is 0. The minimum absolute atomic E-state index is 0. The summed E-state index contributed by atoms with van der Waals surface area (Å²) in [5.74, 6) is 0. The van der Waals surface area contributed by atoms with E-state index < -0.39 is 0 Å². The SMILES string of the molecule is O=CI.[AlH3]. The van der Waals surface area contributed by atoms with Gasteiger partial charge in [0.1, 0.15) is 0 Å². The molecule has 0 rings (SSSR count). The predicted octanol–water partition coefficient (Wildman–Crippen LogP) is -0.572. The van der Waals surface area contributed by atoms with Crippen LogP contribution in [0.5, 0.6) is 0 Å². The Morgan fingerprint density at radius 2 is 1.75 bits per heavy atom. The molecule has 0 aromatic rings. The number of carbonyl (C=O) groups excluding carboxylic acids is 1. The fraction of sp³-hybridized carbons (Fsp3) is 0. The molecule has 0 spiro atoms. The van der Waals surface area contributed by atoms with Crippen molar-refractivity contribution >= 4 is 44.2 Å². The van der Waals surface area contributed by atoms with Gasteiger partial charge in [-0.2, -0.15) is 0 Å². The summed E-state index contributed by atoms with van der Waals surface area (Å²) in [7, 11) is 0. The quantitative estimate of drug-likeness (QED) is 0.214. The standard InChI is InChI=1S/CHIO.Al.3H/c2-1-3;;;;/h1H;;;;. The van der Waals surface area contributed by atoms with Crippen molar-refractivity contribution in [3.63, 3.8) is 0 Å². The van der Waals surface area contributed by atoms with Crippen molar-refractivity contribution in [2.75, 3.05) is 0 Å². The molecule has 24 valence electrons. The van der Waals surface area contributed by atoms with Crippen LogP contribution in [0.25, 0.3) is 0 Å². The lowest BCUT2D eigenvalue weighted by molar-refractivity contribution is 0.572. The molecule has 0 heterocycles. The largest absolute Gasteiger partial charge is 0.292 e. The maximum atomic E-state index is 8.79. The van der Waals surface area contributed by atoms with E-state index in [1.54, 1.807) is 22.6 Å². The van der Waals surface area contributed by atoms with E-state index >= 15 is 0 Å². The molecule has 0 unspecified atom stereocenters. The highest BCUT2D eigenvalue weighted by atomic mass is 127. The zero-order valence-corrected chi connectivity index (χ0v) is 3.52. The number of carbonyl (C=O) groups is 1. The first-order valence-corrected chi connectivity index (χ1v) is 1.70. The van der Waals surface area contributed by atoms with Crippen LogP contribution in [0.15, 0.2) is 0 Å². The first-order chi connectivity index (χ1) is 1.41. The van der Waals surface area contributed by atoms with E-state index in [-0.39, 0.29) is 17.4 Å². The lowest BCUT2D eigenvalue weighted by atomic mass is 11.9. The smallest absolute Gasteiger partial charge is 0.187 e. The summed E-state index contributed by atoms with van der Waals surface area (Å²) in [5, 5.41) is 0. The fourth-order valence-electron chi connectivity index (χ4n) is 0. The normalized spacial score (nSPS) is 3.25. The van der Waals surface area contributed by atoms with Crippen LogP contribution >= 0.6 is 22.6 Å². The van der Waals surface area contributed by atoms with Crippen molar-refractivity contribution in [3.8, 4) is 0 Å². The summed E-state index contributed by atoms with van der Waals surface area (Å²) < 4.78 is 0.720. The van der Waals surface area contributed by atoms with Gasteiger partial charge in [-0.15, -0.1) is 0 Å². The van der Waals surface area contributed by atoms with Gasteiger partial charge in [0.2, 0.25) is 0 Å². The van der Waals surface area contributed by atoms with Crippen LogP contribution in [0.2, 0.25) is 0 Å². The van der Waals surface area contributed by atoms with Crippen molar-refractivity contribution in [3.05, 3.63) is 0 Å². The van der Waals surface area contributed by atoms with Crippen LogP contribution in [0.1, 0.15) is 0 Å². The van der Waals surface area contributed by atoms with E-state index in [2.05, 4.69) is 0 Å². The first-order valence-electron chi connectivity index (χ1n) is 0.454. The minimum Gasteiger partial charge on any atom is -0.292 e. The Morgan fingerprint density at radius 3 is 1.75 bits per heavy atom. The van der Waals surface area contributed by atoms with E-state index in [0.717, 1.165) is 4.29 Å². The van der Waals surface area contributed by atoms with E-state index in [0.29, 0.717) is 0 Å². The van der Waals surface area contributed by atoms with Gasteiger partial charge in [0.05, 0.1) is 0 Å². The lowest BCUT2D eigenvalue weighted by Crippen LogP contribution is -1.21. The van der Waals surface area contributed by atoms with E-state index in [4.69, 9.17) is 4.79 Å². The second-order valence-corrected chi connectivity index (χ2v) is 0.598. The van der Waals surface area contributed by atoms with Gasteiger partial charge in [-0.25, -0.2) is 0 Å². The predicted molar refractivity (Wildman–Crippen MR) is 30.7 cm³/mol. The molecule has 0 N–H and O–H groups in total. The monoisotopic (exact) mass is 186 g/mol. The van der Waals surface area contributed by atoms with Gasteiger partial charge in [-0.1, -0.05) is 0 Å². The lowest BCUT2D eigenvalue weighted by Gasteiger charge is -1.20. The maximum Gasteiger partial charge on any atom is 0.187 e. The molecule has 0 saturated carbocycles. The molecule has 3 heteroatoms. The summed E-state index contributed by atoms with van der Waals surface area (Å²) in [6, 6.07) is 0.